The fraction of sp³-hybridized carbons (Fsp3) is 0.286. The van der Waals surface area contributed by atoms with Gasteiger partial charge in [-0.15, -0.1) is 0 Å². The predicted octanol–water partition coefficient (Wildman–Crippen LogP) is 0.450. The largest absolute Gasteiger partial charge is 0.508 e. The molecule has 0 bridgehead atoms. The van der Waals surface area contributed by atoms with Gasteiger partial charge in [-0.05, 0) is 25.5 Å². The summed E-state index contributed by atoms with van der Waals surface area (Å²) in [4.78, 5) is 23.1. The molecule has 0 fully saturated rings. The van der Waals surface area contributed by atoms with Crippen LogP contribution in [0.25, 0.3) is 0 Å². The van der Waals surface area contributed by atoms with Crippen LogP contribution in [0.5, 0.6) is 11.5 Å². The molecule has 4 N–H and O–H groups in total. The highest BCUT2D eigenvalue weighted by atomic mass is 16.3. The lowest BCUT2D eigenvalue weighted by molar-refractivity contribution is -0.123. The Hall–Kier alpha value is -2.90. The maximum absolute atomic E-state index is 11.6. The molecule has 0 aromatic heterocycles. The Bertz CT molecular complexity index is 654. The van der Waals surface area contributed by atoms with Crippen LogP contribution in [0.1, 0.15) is 25.3 Å². The van der Waals surface area contributed by atoms with Crippen LogP contribution in [0, 0.1) is 5.92 Å². The Labute approximate surface area is 126 Å². The third-order valence-corrected chi connectivity index (χ3v) is 3.23. The van der Waals surface area contributed by atoms with Crippen molar-refractivity contribution in [2.45, 2.75) is 19.8 Å². The number of hydrazone groups is 2. The number of carbonyl (C=O) groups excluding carboxylic acids is 2. The van der Waals surface area contributed by atoms with Gasteiger partial charge in [0, 0.05) is 23.8 Å². The van der Waals surface area contributed by atoms with E-state index >= 15 is 0 Å². The molecule has 0 radical (unpaired) electrons. The number of nitrogens with one attached hydrogen (secondary N) is 2. The van der Waals surface area contributed by atoms with Crippen LogP contribution in [-0.4, -0.2) is 34.0 Å². The van der Waals surface area contributed by atoms with Gasteiger partial charge in [0.05, 0.1) is 12.1 Å². The molecule has 1 aromatic carbocycles. The van der Waals surface area contributed by atoms with Crippen molar-refractivity contribution in [1.29, 1.82) is 0 Å². The van der Waals surface area contributed by atoms with Gasteiger partial charge in [-0.25, -0.2) is 10.9 Å². The Morgan fingerprint density at radius 1 is 1.50 bits per heavy atom. The van der Waals surface area contributed by atoms with Gasteiger partial charge in [0.25, 0.3) is 0 Å². The Balaban J connectivity index is 1.81. The number of benzene rings is 1. The van der Waals surface area contributed by atoms with Crippen LogP contribution >= 0.6 is 0 Å². The van der Waals surface area contributed by atoms with E-state index in [1.54, 1.807) is 6.92 Å². The van der Waals surface area contributed by atoms with E-state index in [1.807, 2.05) is 0 Å². The Kier molecular flexibility index (Phi) is 4.72. The van der Waals surface area contributed by atoms with E-state index in [1.165, 1.54) is 24.4 Å². The van der Waals surface area contributed by atoms with Crippen LogP contribution in [0.4, 0.5) is 0 Å². The van der Waals surface area contributed by atoms with Crippen molar-refractivity contribution in [2.75, 3.05) is 0 Å². The molecule has 1 aliphatic heterocycles. The van der Waals surface area contributed by atoms with Gasteiger partial charge in [0.1, 0.15) is 11.5 Å². The summed E-state index contributed by atoms with van der Waals surface area (Å²) in [7, 11) is 0. The maximum atomic E-state index is 11.6. The average molecular weight is 304 g/mol. The SMILES string of the molecule is CC1=NNC(=O)[C@H]1CCC(=O)N/N=C\c1ccc(O)cc1O. The number of aromatic hydroxyl groups is 2. The van der Waals surface area contributed by atoms with Gasteiger partial charge in [-0.3, -0.25) is 9.59 Å². The van der Waals surface area contributed by atoms with Crippen LogP contribution in [0.3, 0.4) is 0 Å². The summed E-state index contributed by atoms with van der Waals surface area (Å²) in [5, 5.41) is 26.2. The van der Waals surface area contributed by atoms with Gasteiger partial charge in [0.15, 0.2) is 0 Å². The molecule has 1 heterocycles. The number of amides is 2. The average Bonchev–Trinajstić information content (AvgIpc) is 2.78. The first kappa shape index (κ1) is 15.5. The van der Waals surface area contributed by atoms with Crippen LogP contribution in [0.15, 0.2) is 28.4 Å². The summed E-state index contributed by atoms with van der Waals surface area (Å²) >= 11 is 0. The van der Waals surface area contributed by atoms with E-state index in [-0.39, 0.29) is 35.7 Å². The van der Waals surface area contributed by atoms with Crippen molar-refractivity contribution in [1.82, 2.24) is 10.9 Å². The van der Waals surface area contributed by atoms with E-state index in [2.05, 4.69) is 21.1 Å². The number of phenols is 2. The van der Waals surface area contributed by atoms with Crippen molar-refractivity contribution in [3.05, 3.63) is 23.8 Å². The second-order valence-corrected chi connectivity index (χ2v) is 4.86. The second-order valence-electron chi connectivity index (χ2n) is 4.86. The number of rotatable bonds is 5. The quantitative estimate of drug-likeness (QED) is 0.466. The van der Waals surface area contributed by atoms with Crippen LogP contribution < -0.4 is 10.9 Å². The highest BCUT2D eigenvalue weighted by Crippen LogP contribution is 2.20. The number of nitrogens with zero attached hydrogens (tertiary/aromatic N) is 2. The minimum Gasteiger partial charge on any atom is -0.508 e. The standard InChI is InChI=1S/C14H16N4O4/c1-8-11(14(22)18-16-8)4-5-13(21)17-15-7-9-2-3-10(19)6-12(9)20/h2-3,6-7,11,19-20H,4-5H2,1H3,(H,17,21)(H,18,22)/b15-7-/t11-/m0/s1. The van der Waals surface area contributed by atoms with Crippen molar-refractivity contribution in [2.24, 2.45) is 16.1 Å². The fourth-order valence-corrected chi connectivity index (χ4v) is 1.98. The van der Waals surface area contributed by atoms with E-state index in [9.17, 15) is 14.7 Å². The molecule has 1 aliphatic rings. The lowest BCUT2D eigenvalue weighted by Crippen LogP contribution is -2.25. The first-order chi connectivity index (χ1) is 10.5. The van der Waals surface area contributed by atoms with Crippen LogP contribution in [-0.2, 0) is 9.59 Å². The normalized spacial score (nSPS) is 17.4. The van der Waals surface area contributed by atoms with Crippen LogP contribution in [0.2, 0.25) is 0 Å². The summed E-state index contributed by atoms with van der Waals surface area (Å²) in [6.07, 6.45) is 1.75. The molecule has 2 amide bonds. The van der Waals surface area contributed by atoms with Gasteiger partial charge >= 0.3 is 0 Å². The molecule has 0 spiro atoms. The zero-order valence-electron chi connectivity index (χ0n) is 11.9. The van der Waals surface area contributed by atoms with Gasteiger partial charge in [-0.2, -0.15) is 10.2 Å². The third kappa shape index (κ3) is 3.81. The summed E-state index contributed by atoms with van der Waals surface area (Å²) in [6.45, 7) is 1.73. The molecule has 1 aromatic rings. The number of carbonyl (C=O) groups is 2. The molecular weight excluding hydrogens is 288 g/mol. The van der Waals surface area contributed by atoms with E-state index in [0.717, 1.165) is 0 Å². The Morgan fingerprint density at radius 3 is 2.91 bits per heavy atom. The highest BCUT2D eigenvalue weighted by Gasteiger charge is 2.26. The molecule has 0 aliphatic carbocycles. The van der Waals surface area contributed by atoms with E-state index < -0.39 is 0 Å². The monoisotopic (exact) mass is 304 g/mol. The summed E-state index contributed by atoms with van der Waals surface area (Å²) in [5.74, 6) is -1.14. The molecule has 0 saturated carbocycles. The molecule has 8 nitrogen and oxygen atoms in total. The van der Waals surface area contributed by atoms with Gasteiger partial charge in [0.2, 0.25) is 11.8 Å². The minimum absolute atomic E-state index is 0.0643. The second kappa shape index (κ2) is 6.70. The maximum Gasteiger partial charge on any atom is 0.248 e. The lowest BCUT2D eigenvalue weighted by Gasteiger charge is -2.06. The molecule has 116 valence electrons. The summed E-state index contributed by atoms with van der Waals surface area (Å²) in [5.41, 5.74) is 5.69. The summed E-state index contributed by atoms with van der Waals surface area (Å²) < 4.78 is 0. The van der Waals surface area contributed by atoms with Gasteiger partial charge < -0.3 is 10.2 Å². The third-order valence-electron chi connectivity index (χ3n) is 3.23. The molecular formula is C14H16N4O4. The molecule has 8 heteroatoms. The smallest absolute Gasteiger partial charge is 0.248 e. The van der Waals surface area contributed by atoms with E-state index in [4.69, 9.17) is 5.11 Å². The fourth-order valence-electron chi connectivity index (χ4n) is 1.98. The first-order valence-electron chi connectivity index (χ1n) is 6.65. The van der Waals surface area contributed by atoms with Crippen molar-refractivity contribution >= 4 is 23.7 Å². The zero-order valence-corrected chi connectivity index (χ0v) is 11.9. The predicted molar refractivity (Wildman–Crippen MR) is 79.5 cm³/mol. The van der Waals surface area contributed by atoms with Crippen molar-refractivity contribution < 1.29 is 19.8 Å². The van der Waals surface area contributed by atoms with Gasteiger partial charge in [-0.1, -0.05) is 0 Å². The minimum atomic E-state index is -0.379. The molecule has 1 atom stereocenters. The lowest BCUT2D eigenvalue weighted by atomic mass is 9.99. The van der Waals surface area contributed by atoms with E-state index in [0.29, 0.717) is 17.7 Å². The summed E-state index contributed by atoms with van der Waals surface area (Å²) in [6, 6.07) is 4.02. The highest BCUT2D eigenvalue weighted by molar-refractivity contribution is 6.07. The number of hydrogen-bond donors (Lipinski definition) is 4. The number of phenolic OH excluding ortho intramolecular Hbond substituents is 2. The number of hydrogen-bond acceptors (Lipinski definition) is 6. The topological polar surface area (TPSA) is 123 Å². The molecule has 2 rings (SSSR count). The van der Waals surface area contributed by atoms with Crippen molar-refractivity contribution in [3.63, 3.8) is 0 Å². The molecule has 22 heavy (non-hydrogen) atoms. The molecule has 0 saturated heterocycles. The zero-order chi connectivity index (χ0) is 16.1. The first-order valence-corrected chi connectivity index (χ1v) is 6.65. The molecule has 0 unspecified atom stereocenters. The Morgan fingerprint density at radius 2 is 2.27 bits per heavy atom. The van der Waals surface area contributed by atoms with Crippen molar-refractivity contribution in [3.8, 4) is 11.5 Å².